The maximum Gasteiger partial charge on any atom is -0.0179 e. The van der Waals surface area contributed by atoms with Crippen LogP contribution in [0.2, 0.25) is 0 Å². The third kappa shape index (κ3) is 3.85. The van der Waals surface area contributed by atoms with Crippen molar-refractivity contribution in [3.05, 3.63) is 108 Å². The zero-order chi connectivity index (χ0) is 18.8. The maximum atomic E-state index is 2.25. The van der Waals surface area contributed by atoms with Crippen molar-refractivity contribution in [3.63, 3.8) is 0 Å². The fourth-order valence-corrected chi connectivity index (χ4v) is 3.68. The van der Waals surface area contributed by atoms with Gasteiger partial charge < -0.3 is 0 Å². The SMILES string of the molecule is Cc1cccc(-c2ccc(-c3ccc(-c4cc(C)cc(C)c4)cc3)cc2)c1. The first kappa shape index (κ1) is 17.3. The van der Waals surface area contributed by atoms with Crippen LogP contribution in [0.15, 0.2) is 91.0 Å². The molecule has 4 rings (SSSR count). The molecular weight excluding hydrogens is 324 g/mol. The summed E-state index contributed by atoms with van der Waals surface area (Å²) in [5, 5.41) is 0. The number of hydrogen-bond donors (Lipinski definition) is 0. The van der Waals surface area contributed by atoms with Crippen LogP contribution in [0.3, 0.4) is 0 Å². The van der Waals surface area contributed by atoms with Crippen molar-refractivity contribution in [1.29, 1.82) is 0 Å². The molecule has 0 radical (unpaired) electrons. The van der Waals surface area contributed by atoms with E-state index in [-0.39, 0.29) is 0 Å². The Morgan fingerprint density at radius 3 is 1.22 bits per heavy atom. The zero-order valence-corrected chi connectivity index (χ0v) is 16.2. The van der Waals surface area contributed by atoms with Crippen molar-refractivity contribution in [3.8, 4) is 33.4 Å². The molecule has 0 unspecified atom stereocenters. The summed E-state index contributed by atoms with van der Waals surface area (Å²) in [4.78, 5) is 0. The Balaban J connectivity index is 1.60. The van der Waals surface area contributed by atoms with Crippen LogP contribution in [0.4, 0.5) is 0 Å². The Hall–Kier alpha value is -3.12. The molecule has 4 aromatic rings. The first-order valence-electron chi connectivity index (χ1n) is 9.45. The van der Waals surface area contributed by atoms with E-state index < -0.39 is 0 Å². The molecule has 0 heteroatoms. The number of benzene rings is 4. The fraction of sp³-hybridized carbons (Fsp3) is 0.111. The average Bonchev–Trinajstić information content (AvgIpc) is 2.68. The highest BCUT2D eigenvalue weighted by Crippen LogP contribution is 2.28. The lowest BCUT2D eigenvalue weighted by Gasteiger charge is -2.08. The number of hydrogen-bond acceptors (Lipinski definition) is 0. The van der Waals surface area contributed by atoms with Gasteiger partial charge in [0.15, 0.2) is 0 Å². The average molecular weight is 348 g/mol. The van der Waals surface area contributed by atoms with Crippen LogP contribution < -0.4 is 0 Å². The molecule has 0 atom stereocenters. The molecule has 132 valence electrons. The summed E-state index contributed by atoms with van der Waals surface area (Å²) in [5.41, 5.74) is 11.5. The standard InChI is InChI=1S/C27H24/c1-19-5-4-6-26(16-19)24-11-7-22(8-12-24)23-9-13-25(14-10-23)27-17-20(2)15-21(3)18-27/h4-18H,1-3H3. The highest BCUT2D eigenvalue weighted by molar-refractivity contribution is 5.73. The largest absolute Gasteiger partial charge is 0.0614 e. The van der Waals surface area contributed by atoms with E-state index in [2.05, 4.69) is 112 Å². The predicted octanol–water partition coefficient (Wildman–Crippen LogP) is 7.61. The molecule has 0 fully saturated rings. The van der Waals surface area contributed by atoms with Gasteiger partial charge in [-0.05, 0) is 54.2 Å². The minimum absolute atomic E-state index is 1.25. The summed E-state index contributed by atoms with van der Waals surface area (Å²) >= 11 is 0. The van der Waals surface area contributed by atoms with E-state index in [1.807, 2.05) is 0 Å². The van der Waals surface area contributed by atoms with Crippen LogP contribution in [-0.4, -0.2) is 0 Å². The smallest absolute Gasteiger partial charge is 0.0179 e. The summed E-state index contributed by atoms with van der Waals surface area (Å²) in [6, 6.07) is 33.1. The van der Waals surface area contributed by atoms with Gasteiger partial charge in [0.1, 0.15) is 0 Å². The molecule has 0 N–H and O–H groups in total. The predicted molar refractivity (Wildman–Crippen MR) is 117 cm³/mol. The lowest BCUT2D eigenvalue weighted by Crippen LogP contribution is -1.84. The molecule has 27 heavy (non-hydrogen) atoms. The minimum Gasteiger partial charge on any atom is -0.0614 e. The third-order valence-corrected chi connectivity index (χ3v) is 5.01. The first-order valence-corrected chi connectivity index (χ1v) is 9.45. The highest BCUT2D eigenvalue weighted by Gasteiger charge is 2.03. The van der Waals surface area contributed by atoms with Gasteiger partial charge in [0.05, 0.1) is 0 Å². The van der Waals surface area contributed by atoms with E-state index in [0.29, 0.717) is 0 Å². The summed E-state index contributed by atoms with van der Waals surface area (Å²) < 4.78 is 0. The quantitative estimate of drug-likeness (QED) is 0.357. The molecule has 0 amide bonds. The van der Waals surface area contributed by atoms with Crippen LogP contribution in [0.1, 0.15) is 16.7 Å². The Morgan fingerprint density at radius 1 is 0.333 bits per heavy atom. The van der Waals surface area contributed by atoms with Crippen molar-refractivity contribution in [1.82, 2.24) is 0 Å². The topological polar surface area (TPSA) is 0 Å². The van der Waals surface area contributed by atoms with Gasteiger partial charge in [0.2, 0.25) is 0 Å². The second-order valence-corrected chi connectivity index (χ2v) is 7.40. The van der Waals surface area contributed by atoms with Gasteiger partial charge in [0.25, 0.3) is 0 Å². The molecule has 0 heterocycles. The van der Waals surface area contributed by atoms with Gasteiger partial charge in [-0.25, -0.2) is 0 Å². The van der Waals surface area contributed by atoms with Crippen LogP contribution in [0.5, 0.6) is 0 Å². The lowest BCUT2D eigenvalue weighted by molar-refractivity contribution is 1.38. The van der Waals surface area contributed by atoms with Gasteiger partial charge in [-0.15, -0.1) is 0 Å². The Bertz CT molecular complexity index is 1050. The van der Waals surface area contributed by atoms with Crippen LogP contribution in [0, 0.1) is 20.8 Å². The fourth-order valence-electron chi connectivity index (χ4n) is 3.68. The van der Waals surface area contributed by atoms with Crippen LogP contribution in [-0.2, 0) is 0 Å². The molecule has 0 aliphatic heterocycles. The Kier molecular flexibility index (Phi) is 4.64. The van der Waals surface area contributed by atoms with Crippen molar-refractivity contribution >= 4 is 0 Å². The van der Waals surface area contributed by atoms with Crippen molar-refractivity contribution < 1.29 is 0 Å². The molecular formula is C27H24. The Labute approximate surface area is 162 Å². The van der Waals surface area contributed by atoms with Gasteiger partial charge in [-0.2, -0.15) is 0 Å². The molecule has 4 aromatic carbocycles. The number of rotatable bonds is 3. The molecule has 0 saturated carbocycles. The van der Waals surface area contributed by atoms with E-state index in [4.69, 9.17) is 0 Å². The van der Waals surface area contributed by atoms with Crippen molar-refractivity contribution in [2.75, 3.05) is 0 Å². The molecule has 0 aliphatic rings. The van der Waals surface area contributed by atoms with Crippen molar-refractivity contribution in [2.45, 2.75) is 20.8 Å². The monoisotopic (exact) mass is 348 g/mol. The van der Waals surface area contributed by atoms with E-state index in [9.17, 15) is 0 Å². The summed E-state index contributed by atoms with van der Waals surface area (Å²) in [5.74, 6) is 0. The van der Waals surface area contributed by atoms with Crippen LogP contribution >= 0.6 is 0 Å². The van der Waals surface area contributed by atoms with E-state index in [1.54, 1.807) is 0 Å². The normalized spacial score (nSPS) is 10.8. The molecule has 0 aliphatic carbocycles. The summed E-state index contributed by atoms with van der Waals surface area (Å²) in [7, 11) is 0. The van der Waals surface area contributed by atoms with Crippen LogP contribution in [0.25, 0.3) is 33.4 Å². The van der Waals surface area contributed by atoms with Gasteiger partial charge >= 0.3 is 0 Å². The van der Waals surface area contributed by atoms with Crippen molar-refractivity contribution in [2.24, 2.45) is 0 Å². The minimum atomic E-state index is 1.25. The molecule has 0 aromatic heterocycles. The van der Waals surface area contributed by atoms with Gasteiger partial charge in [-0.3, -0.25) is 0 Å². The molecule has 0 bridgehead atoms. The molecule has 0 saturated heterocycles. The Morgan fingerprint density at radius 2 is 0.741 bits per heavy atom. The summed E-state index contributed by atoms with van der Waals surface area (Å²) in [6.07, 6.45) is 0. The molecule has 0 spiro atoms. The van der Waals surface area contributed by atoms with Gasteiger partial charge in [-0.1, -0.05) is 108 Å². The second kappa shape index (κ2) is 7.25. The zero-order valence-electron chi connectivity index (χ0n) is 16.2. The van der Waals surface area contributed by atoms with E-state index >= 15 is 0 Å². The summed E-state index contributed by atoms with van der Waals surface area (Å²) in [6.45, 7) is 6.44. The number of aryl methyl sites for hydroxylation is 3. The maximum absolute atomic E-state index is 2.25. The second-order valence-electron chi connectivity index (χ2n) is 7.40. The highest BCUT2D eigenvalue weighted by atomic mass is 14.1. The van der Waals surface area contributed by atoms with E-state index in [0.717, 1.165) is 0 Å². The molecule has 0 nitrogen and oxygen atoms in total. The van der Waals surface area contributed by atoms with Gasteiger partial charge in [0, 0.05) is 0 Å². The lowest BCUT2D eigenvalue weighted by atomic mass is 9.96. The third-order valence-electron chi connectivity index (χ3n) is 5.01. The first-order chi connectivity index (χ1) is 13.1. The van der Waals surface area contributed by atoms with E-state index in [1.165, 1.54) is 50.1 Å².